The van der Waals surface area contributed by atoms with Gasteiger partial charge in [0.15, 0.2) is 5.78 Å². The highest BCUT2D eigenvalue weighted by molar-refractivity contribution is 5.97. The summed E-state index contributed by atoms with van der Waals surface area (Å²) >= 11 is 0. The van der Waals surface area contributed by atoms with Crippen LogP contribution in [0.25, 0.3) is 0 Å². The van der Waals surface area contributed by atoms with Gasteiger partial charge in [-0.15, -0.1) is 0 Å². The molecular weight excluding hydrogens is 224 g/mol. The van der Waals surface area contributed by atoms with Crippen LogP contribution in [-0.2, 0) is 0 Å². The van der Waals surface area contributed by atoms with Gasteiger partial charge in [0.25, 0.3) is 0 Å². The SMILES string of the molecule is CCC(CC)CNc1cccc(C(=O)CCN)c1. The zero-order chi connectivity index (χ0) is 13.4. The maximum atomic E-state index is 11.7. The van der Waals surface area contributed by atoms with E-state index in [0.29, 0.717) is 18.9 Å². The van der Waals surface area contributed by atoms with Crippen LogP contribution in [0.15, 0.2) is 24.3 Å². The molecule has 0 aliphatic rings. The minimum atomic E-state index is 0.115. The van der Waals surface area contributed by atoms with Gasteiger partial charge in [-0.25, -0.2) is 0 Å². The molecule has 1 rings (SSSR count). The molecule has 100 valence electrons. The van der Waals surface area contributed by atoms with E-state index in [0.717, 1.165) is 17.8 Å². The van der Waals surface area contributed by atoms with E-state index in [1.807, 2.05) is 24.3 Å². The molecule has 0 saturated carbocycles. The van der Waals surface area contributed by atoms with Crippen LogP contribution in [0.2, 0.25) is 0 Å². The second-order valence-corrected chi connectivity index (χ2v) is 4.61. The van der Waals surface area contributed by atoms with Crippen molar-refractivity contribution in [1.82, 2.24) is 0 Å². The third kappa shape index (κ3) is 4.49. The summed E-state index contributed by atoms with van der Waals surface area (Å²) in [4.78, 5) is 11.7. The molecule has 0 aromatic heterocycles. The predicted molar refractivity (Wildman–Crippen MR) is 77.0 cm³/mol. The van der Waals surface area contributed by atoms with Crippen molar-refractivity contribution in [3.63, 3.8) is 0 Å². The summed E-state index contributed by atoms with van der Waals surface area (Å²) in [5, 5.41) is 3.40. The molecule has 0 amide bonds. The summed E-state index contributed by atoms with van der Waals surface area (Å²) in [5.41, 5.74) is 7.17. The summed E-state index contributed by atoms with van der Waals surface area (Å²) in [6.07, 6.45) is 2.76. The van der Waals surface area contributed by atoms with E-state index >= 15 is 0 Å². The topological polar surface area (TPSA) is 55.1 Å². The van der Waals surface area contributed by atoms with Crippen LogP contribution >= 0.6 is 0 Å². The van der Waals surface area contributed by atoms with Crippen LogP contribution in [0.5, 0.6) is 0 Å². The van der Waals surface area contributed by atoms with E-state index in [2.05, 4.69) is 19.2 Å². The van der Waals surface area contributed by atoms with Crippen LogP contribution in [0.1, 0.15) is 43.5 Å². The van der Waals surface area contributed by atoms with Gasteiger partial charge in [0.05, 0.1) is 0 Å². The van der Waals surface area contributed by atoms with Gasteiger partial charge in [-0.2, -0.15) is 0 Å². The first-order valence-electron chi connectivity index (χ1n) is 6.78. The number of Topliss-reactive ketones (excluding diaryl/α,β-unsaturated/α-hetero) is 1. The molecule has 18 heavy (non-hydrogen) atoms. The fraction of sp³-hybridized carbons (Fsp3) is 0.533. The van der Waals surface area contributed by atoms with Crippen molar-refractivity contribution >= 4 is 11.5 Å². The van der Waals surface area contributed by atoms with E-state index in [4.69, 9.17) is 5.73 Å². The first-order chi connectivity index (χ1) is 8.71. The van der Waals surface area contributed by atoms with Gasteiger partial charge in [0.2, 0.25) is 0 Å². The molecule has 1 aromatic rings. The van der Waals surface area contributed by atoms with Crippen molar-refractivity contribution in [2.45, 2.75) is 33.1 Å². The number of hydrogen-bond acceptors (Lipinski definition) is 3. The van der Waals surface area contributed by atoms with Crippen LogP contribution in [0.3, 0.4) is 0 Å². The van der Waals surface area contributed by atoms with E-state index in [1.54, 1.807) is 0 Å². The van der Waals surface area contributed by atoms with Crippen LogP contribution in [0.4, 0.5) is 5.69 Å². The third-order valence-corrected chi connectivity index (χ3v) is 3.31. The van der Waals surface area contributed by atoms with Gasteiger partial charge >= 0.3 is 0 Å². The number of carbonyl (C=O) groups excluding carboxylic acids is 1. The monoisotopic (exact) mass is 248 g/mol. The highest BCUT2D eigenvalue weighted by Crippen LogP contribution is 2.14. The second kappa shape index (κ2) is 7.88. The molecule has 0 fully saturated rings. The Balaban J connectivity index is 2.62. The number of anilines is 1. The van der Waals surface area contributed by atoms with Gasteiger partial charge < -0.3 is 11.1 Å². The van der Waals surface area contributed by atoms with Gasteiger partial charge in [-0.1, -0.05) is 38.8 Å². The molecular formula is C15H24N2O. The largest absolute Gasteiger partial charge is 0.385 e. The van der Waals surface area contributed by atoms with Gasteiger partial charge in [-0.05, 0) is 24.6 Å². The maximum Gasteiger partial charge on any atom is 0.164 e. The Labute approximate surface area is 110 Å². The first-order valence-corrected chi connectivity index (χ1v) is 6.78. The van der Waals surface area contributed by atoms with Crippen molar-refractivity contribution < 1.29 is 4.79 Å². The average molecular weight is 248 g/mol. The van der Waals surface area contributed by atoms with E-state index in [1.165, 1.54) is 12.8 Å². The Morgan fingerprint density at radius 2 is 2.06 bits per heavy atom. The lowest BCUT2D eigenvalue weighted by Crippen LogP contribution is -2.13. The Kier molecular flexibility index (Phi) is 6.44. The summed E-state index contributed by atoms with van der Waals surface area (Å²) < 4.78 is 0. The molecule has 0 saturated heterocycles. The maximum absolute atomic E-state index is 11.7. The molecule has 3 heteroatoms. The van der Waals surface area contributed by atoms with Gasteiger partial charge in [0, 0.05) is 24.2 Å². The lowest BCUT2D eigenvalue weighted by Gasteiger charge is -2.14. The minimum Gasteiger partial charge on any atom is -0.385 e. The number of carbonyl (C=O) groups is 1. The Morgan fingerprint density at radius 3 is 2.67 bits per heavy atom. The number of benzene rings is 1. The van der Waals surface area contributed by atoms with Crippen molar-refractivity contribution in [2.24, 2.45) is 11.7 Å². The fourth-order valence-corrected chi connectivity index (χ4v) is 1.92. The molecule has 3 N–H and O–H groups in total. The van der Waals surface area contributed by atoms with Crippen molar-refractivity contribution in [3.05, 3.63) is 29.8 Å². The van der Waals surface area contributed by atoms with Gasteiger partial charge in [-0.3, -0.25) is 4.79 Å². The van der Waals surface area contributed by atoms with Crippen LogP contribution in [-0.4, -0.2) is 18.9 Å². The summed E-state index contributed by atoms with van der Waals surface area (Å²) in [7, 11) is 0. The quantitative estimate of drug-likeness (QED) is 0.695. The lowest BCUT2D eigenvalue weighted by molar-refractivity contribution is 0.0985. The standard InChI is InChI=1S/C15H24N2O/c1-3-12(4-2)11-17-14-7-5-6-13(10-14)15(18)8-9-16/h5-7,10,12,17H,3-4,8-9,11,16H2,1-2H3. The summed E-state index contributed by atoms with van der Waals surface area (Å²) in [6, 6.07) is 7.68. The van der Waals surface area contributed by atoms with Crippen molar-refractivity contribution in [2.75, 3.05) is 18.4 Å². The molecule has 0 aliphatic carbocycles. The van der Waals surface area contributed by atoms with E-state index in [9.17, 15) is 4.79 Å². The second-order valence-electron chi connectivity index (χ2n) is 4.61. The van der Waals surface area contributed by atoms with Gasteiger partial charge in [0.1, 0.15) is 0 Å². The number of hydrogen-bond donors (Lipinski definition) is 2. The first kappa shape index (κ1) is 14.7. The number of rotatable bonds is 8. The molecule has 0 bridgehead atoms. The summed E-state index contributed by atoms with van der Waals surface area (Å²) in [6.45, 7) is 5.78. The zero-order valence-corrected chi connectivity index (χ0v) is 11.4. The normalized spacial score (nSPS) is 10.7. The van der Waals surface area contributed by atoms with Crippen LogP contribution in [0, 0.1) is 5.92 Å². The molecule has 0 radical (unpaired) electrons. The molecule has 0 spiro atoms. The smallest absolute Gasteiger partial charge is 0.164 e. The van der Waals surface area contributed by atoms with E-state index < -0.39 is 0 Å². The van der Waals surface area contributed by atoms with Crippen molar-refractivity contribution in [3.8, 4) is 0 Å². The Morgan fingerprint density at radius 1 is 1.33 bits per heavy atom. The zero-order valence-electron chi connectivity index (χ0n) is 11.4. The van der Waals surface area contributed by atoms with E-state index in [-0.39, 0.29) is 5.78 Å². The van der Waals surface area contributed by atoms with Crippen molar-refractivity contribution in [1.29, 1.82) is 0 Å². The molecule has 0 heterocycles. The average Bonchev–Trinajstić information content (AvgIpc) is 2.40. The minimum absolute atomic E-state index is 0.115. The molecule has 1 aromatic carbocycles. The molecule has 3 nitrogen and oxygen atoms in total. The molecule has 0 unspecified atom stereocenters. The highest BCUT2D eigenvalue weighted by atomic mass is 16.1. The molecule has 0 atom stereocenters. The number of nitrogens with one attached hydrogen (secondary N) is 1. The predicted octanol–water partition coefficient (Wildman–Crippen LogP) is 3.07. The third-order valence-electron chi connectivity index (χ3n) is 3.31. The number of nitrogens with two attached hydrogens (primary N) is 1. The number of ketones is 1. The fourth-order valence-electron chi connectivity index (χ4n) is 1.92. The molecule has 0 aliphatic heterocycles. The summed E-state index contributed by atoms with van der Waals surface area (Å²) in [5.74, 6) is 0.803. The Bertz CT molecular complexity index is 373. The highest BCUT2D eigenvalue weighted by Gasteiger charge is 2.06. The lowest BCUT2D eigenvalue weighted by atomic mass is 10.0. The van der Waals surface area contributed by atoms with Crippen LogP contribution < -0.4 is 11.1 Å². The Hall–Kier alpha value is -1.35.